The largest absolute Gasteiger partial charge is 0.465 e. The molecule has 2 rings (SSSR count). The van der Waals surface area contributed by atoms with Crippen LogP contribution in [0.25, 0.3) is 0 Å². The molecule has 0 bridgehead atoms. The third-order valence-corrected chi connectivity index (χ3v) is 3.72. The molecule has 1 aliphatic rings. The molecule has 0 N–H and O–H groups in total. The summed E-state index contributed by atoms with van der Waals surface area (Å²) in [5.41, 5.74) is -0.256. The van der Waals surface area contributed by atoms with E-state index in [1.54, 1.807) is 24.4 Å². The highest BCUT2D eigenvalue weighted by atomic mass is 32.1. The summed E-state index contributed by atoms with van der Waals surface area (Å²) in [6.45, 7) is 1.80. The van der Waals surface area contributed by atoms with E-state index in [1.165, 1.54) is 11.3 Å². The fourth-order valence-corrected chi connectivity index (χ4v) is 2.79. The molecule has 0 unspecified atom stereocenters. The van der Waals surface area contributed by atoms with Crippen LogP contribution in [0.5, 0.6) is 0 Å². The Hall–Kier alpha value is -2.09. The zero-order valence-corrected chi connectivity index (χ0v) is 11.7. The van der Waals surface area contributed by atoms with E-state index in [0.717, 1.165) is 7.11 Å². The number of hydrogen-bond donors (Lipinski definition) is 0. The highest BCUT2D eigenvalue weighted by molar-refractivity contribution is 7.10. The van der Waals surface area contributed by atoms with Gasteiger partial charge in [0.15, 0.2) is 6.10 Å². The summed E-state index contributed by atoms with van der Waals surface area (Å²) in [6.07, 6.45) is -1.18. The average molecular weight is 299 g/mol. The number of carbonyl (C=O) groups excluding carboxylic acids is 2. The topological polar surface area (TPSA) is 87.9 Å². The maximum Gasteiger partial charge on any atom is 0.405 e. The fraction of sp³-hybridized carbons (Fsp3) is 0.417. The van der Waals surface area contributed by atoms with Gasteiger partial charge in [-0.2, -0.15) is 0 Å². The molecular weight excluding hydrogens is 286 g/mol. The summed E-state index contributed by atoms with van der Waals surface area (Å²) < 4.78 is 9.45. The minimum absolute atomic E-state index is 0.0395. The van der Waals surface area contributed by atoms with Gasteiger partial charge in [0.1, 0.15) is 5.92 Å². The van der Waals surface area contributed by atoms with Gasteiger partial charge >= 0.3 is 17.7 Å². The van der Waals surface area contributed by atoms with Crippen molar-refractivity contribution in [1.29, 1.82) is 0 Å². The molecule has 7 nitrogen and oxygen atoms in total. The first kappa shape index (κ1) is 14.3. The zero-order chi connectivity index (χ0) is 14.7. The number of nitrogens with zero attached hydrogens (tertiary/aromatic N) is 1. The Morgan fingerprint density at radius 3 is 2.85 bits per heavy atom. The van der Waals surface area contributed by atoms with Crippen LogP contribution in [0.1, 0.15) is 17.7 Å². The Morgan fingerprint density at radius 1 is 1.55 bits per heavy atom. The molecule has 0 saturated carbocycles. The van der Waals surface area contributed by atoms with Gasteiger partial charge in [-0.25, -0.2) is 4.79 Å². The molecule has 20 heavy (non-hydrogen) atoms. The van der Waals surface area contributed by atoms with Crippen LogP contribution in [0.4, 0.5) is 0 Å². The highest BCUT2D eigenvalue weighted by Crippen LogP contribution is 2.33. The fourth-order valence-electron chi connectivity index (χ4n) is 1.94. The van der Waals surface area contributed by atoms with E-state index in [4.69, 9.17) is 9.57 Å². The molecule has 1 aromatic rings. The Morgan fingerprint density at radius 2 is 2.30 bits per heavy atom. The third-order valence-electron chi connectivity index (χ3n) is 2.77. The maximum absolute atomic E-state index is 11.9. The average Bonchev–Trinajstić information content (AvgIpc) is 3.05. The van der Waals surface area contributed by atoms with E-state index in [-0.39, 0.29) is 17.2 Å². The Balaban J connectivity index is 2.39. The lowest BCUT2D eigenvalue weighted by Gasteiger charge is -2.15. The number of hydrogen-bond acceptors (Lipinski definition) is 7. The highest BCUT2D eigenvalue weighted by Gasteiger charge is 2.50. The van der Waals surface area contributed by atoms with Crippen LogP contribution in [0.3, 0.4) is 0 Å². The van der Waals surface area contributed by atoms with E-state index in [0.29, 0.717) is 4.88 Å². The molecule has 0 aromatic carbocycles. The molecular formula is C12H13NO6S. The van der Waals surface area contributed by atoms with E-state index >= 15 is 0 Å². The predicted octanol–water partition coefficient (Wildman–Crippen LogP) is 0.833. The van der Waals surface area contributed by atoms with E-state index in [2.05, 4.69) is 4.74 Å². The monoisotopic (exact) mass is 299 g/mol. The zero-order valence-electron chi connectivity index (χ0n) is 10.9. The van der Waals surface area contributed by atoms with Crippen LogP contribution in [-0.4, -0.2) is 42.4 Å². The van der Waals surface area contributed by atoms with Crippen LogP contribution in [0.2, 0.25) is 0 Å². The second-order valence-electron chi connectivity index (χ2n) is 3.91. The van der Waals surface area contributed by atoms with Gasteiger partial charge in [-0.05, 0) is 18.4 Å². The lowest BCUT2D eigenvalue weighted by Crippen LogP contribution is -2.33. The Kier molecular flexibility index (Phi) is 4.23. The molecule has 0 saturated heterocycles. The first-order valence-corrected chi connectivity index (χ1v) is 6.77. The van der Waals surface area contributed by atoms with Crippen LogP contribution in [-0.2, 0) is 23.9 Å². The SMILES string of the molecule is CCOC(=O)[C@H]1O[N+]([O-])=C(C(=O)OC)[C@@H]1c1cccs1. The van der Waals surface area contributed by atoms with Crippen LogP contribution < -0.4 is 0 Å². The van der Waals surface area contributed by atoms with E-state index < -0.39 is 24.0 Å². The summed E-state index contributed by atoms with van der Waals surface area (Å²) in [7, 11) is 1.16. The minimum Gasteiger partial charge on any atom is -0.465 e. The van der Waals surface area contributed by atoms with Crippen LogP contribution >= 0.6 is 11.3 Å². The third kappa shape index (κ3) is 2.46. The van der Waals surface area contributed by atoms with Gasteiger partial charge in [-0.1, -0.05) is 6.07 Å². The molecule has 2 heterocycles. The van der Waals surface area contributed by atoms with Crippen LogP contribution in [0, 0.1) is 5.21 Å². The second kappa shape index (κ2) is 5.91. The van der Waals surface area contributed by atoms with Gasteiger partial charge in [-0.15, -0.1) is 11.3 Å². The Labute approximate surface area is 118 Å². The number of esters is 2. The molecule has 0 aliphatic carbocycles. The molecule has 1 aromatic heterocycles. The lowest BCUT2D eigenvalue weighted by molar-refractivity contribution is -0.736. The first-order chi connectivity index (χ1) is 9.60. The number of thiophene rings is 1. The predicted molar refractivity (Wildman–Crippen MR) is 69.2 cm³/mol. The summed E-state index contributed by atoms with van der Waals surface area (Å²) in [5, 5.41) is 13.5. The Bertz CT molecular complexity index is 538. The molecule has 2 atom stereocenters. The first-order valence-electron chi connectivity index (χ1n) is 5.89. The molecule has 8 heteroatoms. The van der Waals surface area contributed by atoms with E-state index in [1.807, 2.05) is 0 Å². The second-order valence-corrected chi connectivity index (χ2v) is 4.88. The van der Waals surface area contributed by atoms with Crippen molar-refractivity contribution in [2.75, 3.05) is 13.7 Å². The lowest BCUT2D eigenvalue weighted by atomic mass is 9.95. The molecule has 0 amide bonds. The van der Waals surface area contributed by atoms with Gasteiger partial charge in [0.2, 0.25) is 0 Å². The van der Waals surface area contributed by atoms with Crippen molar-refractivity contribution in [3.8, 4) is 0 Å². The number of rotatable bonds is 4. The van der Waals surface area contributed by atoms with Crippen molar-refractivity contribution >= 4 is 29.0 Å². The van der Waals surface area contributed by atoms with Crippen molar-refractivity contribution in [1.82, 2.24) is 0 Å². The molecule has 0 radical (unpaired) electrons. The summed E-state index contributed by atoms with van der Waals surface area (Å²) in [5.74, 6) is -2.34. The van der Waals surface area contributed by atoms with Gasteiger partial charge in [0.05, 0.1) is 18.6 Å². The summed E-state index contributed by atoms with van der Waals surface area (Å²) >= 11 is 1.31. The van der Waals surface area contributed by atoms with Crippen molar-refractivity contribution in [2.24, 2.45) is 0 Å². The van der Waals surface area contributed by atoms with Crippen LogP contribution in [0.15, 0.2) is 17.5 Å². The van der Waals surface area contributed by atoms with E-state index in [9.17, 15) is 14.8 Å². The quantitative estimate of drug-likeness (QED) is 0.604. The maximum atomic E-state index is 11.9. The standard InChI is InChI=1S/C12H13NO6S/c1-3-18-12(15)10-8(7-5-4-6-20-7)9(11(14)17-2)13(16)19-10/h4-6,8,10H,3H2,1-2H3/t8-,10-/m0/s1. The molecule has 0 spiro atoms. The van der Waals surface area contributed by atoms with Crippen molar-refractivity contribution in [3.63, 3.8) is 0 Å². The molecule has 1 aliphatic heterocycles. The number of methoxy groups -OCH3 is 1. The van der Waals surface area contributed by atoms with Gasteiger partial charge in [0.25, 0.3) is 0 Å². The number of carbonyl (C=O) groups is 2. The summed E-state index contributed by atoms with van der Waals surface area (Å²) in [4.78, 5) is 29.2. The van der Waals surface area contributed by atoms with Crippen molar-refractivity contribution in [3.05, 3.63) is 27.6 Å². The molecule has 0 fully saturated rings. The molecule has 108 valence electrons. The van der Waals surface area contributed by atoms with Gasteiger partial charge in [-0.3, -0.25) is 10.0 Å². The minimum atomic E-state index is -1.18. The van der Waals surface area contributed by atoms with Gasteiger partial charge in [0, 0.05) is 4.88 Å². The van der Waals surface area contributed by atoms with Crippen molar-refractivity contribution in [2.45, 2.75) is 18.9 Å². The summed E-state index contributed by atoms with van der Waals surface area (Å²) in [6, 6.07) is 3.47. The van der Waals surface area contributed by atoms with Crippen molar-refractivity contribution < 1.29 is 28.8 Å². The smallest absolute Gasteiger partial charge is 0.405 e. The number of ether oxygens (including phenoxy) is 2. The van der Waals surface area contributed by atoms with Gasteiger partial charge < -0.3 is 14.3 Å². The normalized spacial score (nSPS) is 21.5.